The number of methoxy groups -OCH3 is 2. The minimum Gasteiger partial charge on any atom is -0.497 e. The zero-order chi connectivity index (χ0) is 30.6. The lowest BCUT2D eigenvalue weighted by molar-refractivity contribution is -0.185. The molecular formula is C34H38O9. The molecule has 0 spiro atoms. The molecule has 2 heterocycles. The average molecular weight is 591 g/mol. The molecule has 5 rings (SSSR count). The van der Waals surface area contributed by atoms with Crippen molar-refractivity contribution in [3.05, 3.63) is 76.9 Å². The molecule has 9 nitrogen and oxygen atoms in total. The minimum atomic E-state index is -2.04. The van der Waals surface area contributed by atoms with Crippen molar-refractivity contribution in [1.29, 1.82) is 0 Å². The molecule has 0 aromatic heterocycles. The van der Waals surface area contributed by atoms with Crippen molar-refractivity contribution in [1.82, 2.24) is 0 Å². The Morgan fingerprint density at radius 2 is 1.67 bits per heavy atom. The van der Waals surface area contributed by atoms with E-state index in [1.807, 2.05) is 26.0 Å². The first-order valence-electron chi connectivity index (χ1n) is 14.5. The highest BCUT2D eigenvalue weighted by molar-refractivity contribution is 6.20. The van der Waals surface area contributed by atoms with Gasteiger partial charge in [-0.15, -0.1) is 0 Å². The largest absolute Gasteiger partial charge is 0.497 e. The van der Waals surface area contributed by atoms with Gasteiger partial charge in [0.1, 0.15) is 5.75 Å². The third-order valence-electron chi connectivity index (χ3n) is 7.34. The van der Waals surface area contributed by atoms with Gasteiger partial charge in [0, 0.05) is 17.6 Å². The van der Waals surface area contributed by atoms with Crippen LogP contribution in [0.4, 0.5) is 0 Å². The number of fused-ring (bicyclic) bond motifs is 1. The standard InChI is InChI=1S/C34H38O9/c1-6-7-8-15-39-32-29(38-5)17-22(18-30(32)42-21(2)3)16-26-31(23-9-14-27-28(19-23)41-20-40-27)33(35)43-34(26,36)24-10-12-25(37-4)13-11-24/h9-14,17-19,21,36H,6-8,15-16,20H2,1-5H3. The fraction of sp³-hybridized carbons (Fsp3) is 0.382. The van der Waals surface area contributed by atoms with Crippen LogP contribution in [0.25, 0.3) is 5.57 Å². The van der Waals surface area contributed by atoms with Gasteiger partial charge in [0.25, 0.3) is 5.79 Å². The van der Waals surface area contributed by atoms with E-state index in [4.69, 9.17) is 33.2 Å². The number of rotatable bonds is 13. The van der Waals surface area contributed by atoms with Gasteiger partial charge in [-0.25, -0.2) is 4.79 Å². The van der Waals surface area contributed by atoms with Crippen LogP contribution in [0.1, 0.15) is 56.7 Å². The number of hydrogen-bond acceptors (Lipinski definition) is 9. The first kappa shape index (κ1) is 30.1. The van der Waals surface area contributed by atoms with Crippen LogP contribution in [0.15, 0.2) is 60.2 Å². The Morgan fingerprint density at radius 3 is 2.37 bits per heavy atom. The second-order valence-electron chi connectivity index (χ2n) is 10.7. The fourth-order valence-corrected chi connectivity index (χ4v) is 5.24. The van der Waals surface area contributed by atoms with Crippen molar-refractivity contribution in [3.8, 4) is 34.5 Å². The molecule has 1 atom stereocenters. The summed E-state index contributed by atoms with van der Waals surface area (Å²) in [6.45, 7) is 6.63. The second kappa shape index (κ2) is 12.9. The highest BCUT2D eigenvalue weighted by Gasteiger charge is 2.48. The number of hydrogen-bond donors (Lipinski definition) is 1. The number of esters is 1. The van der Waals surface area contributed by atoms with Gasteiger partial charge in [0.2, 0.25) is 12.5 Å². The quantitative estimate of drug-likeness (QED) is 0.184. The van der Waals surface area contributed by atoms with Crippen molar-refractivity contribution in [2.75, 3.05) is 27.6 Å². The van der Waals surface area contributed by atoms with E-state index >= 15 is 0 Å². The maximum atomic E-state index is 13.5. The molecule has 228 valence electrons. The fourth-order valence-electron chi connectivity index (χ4n) is 5.24. The molecule has 2 aliphatic rings. The summed E-state index contributed by atoms with van der Waals surface area (Å²) in [4.78, 5) is 13.5. The molecule has 0 radical (unpaired) electrons. The van der Waals surface area contributed by atoms with Gasteiger partial charge >= 0.3 is 5.97 Å². The smallest absolute Gasteiger partial charge is 0.342 e. The summed E-state index contributed by atoms with van der Waals surface area (Å²) in [7, 11) is 3.13. The lowest BCUT2D eigenvalue weighted by Crippen LogP contribution is -2.29. The Balaban J connectivity index is 1.62. The monoisotopic (exact) mass is 590 g/mol. The highest BCUT2D eigenvalue weighted by Crippen LogP contribution is 2.48. The number of aliphatic hydroxyl groups is 1. The maximum Gasteiger partial charge on any atom is 0.342 e. The van der Waals surface area contributed by atoms with Gasteiger partial charge in [-0.05, 0) is 79.9 Å². The summed E-state index contributed by atoms with van der Waals surface area (Å²) in [5.74, 6) is 0.522. The zero-order valence-corrected chi connectivity index (χ0v) is 25.2. The van der Waals surface area contributed by atoms with E-state index in [2.05, 4.69) is 6.92 Å². The van der Waals surface area contributed by atoms with Crippen LogP contribution in [0.3, 0.4) is 0 Å². The SMILES string of the molecule is CCCCCOc1c(OC)cc(CC2=C(c3ccc4c(c3)OCO4)C(=O)OC2(O)c2ccc(OC)cc2)cc1OC(C)C. The summed E-state index contributed by atoms with van der Waals surface area (Å²) >= 11 is 0. The molecule has 0 bridgehead atoms. The summed E-state index contributed by atoms with van der Waals surface area (Å²) in [5.41, 5.74) is 2.24. The van der Waals surface area contributed by atoms with Crippen LogP contribution in [0.2, 0.25) is 0 Å². The molecule has 3 aromatic carbocycles. The van der Waals surface area contributed by atoms with Crippen molar-refractivity contribution in [3.63, 3.8) is 0 Å². The topological polar surface area (TPSA) is 102 Å². The third-order valence-corrected chi connectivity index (χ3v) is 7.34. The number of unbranched alkanes of at least 4 members (excludes halogenated alkanes) is 2. The van der Waals surface area contributed by atoms with Crippen LogP contribution in [-0.2, 0) is 21.7 Å². The lowest BCUT2D eigenvalue weighted by Gasteiger charge is -2.26. The average Bonchev–Trinajstić information content (AvgIpc) is 3.57. The number of benzene rings is 3. The van der Waals surface area contributed by atoms with Crippen molar-refractivity contribution in [2.24, 2.45) is 0 Å². The summed E-state index contributed by atoms with van der Waals surface area (Å²) in [6, 6.07) is 15.7. The minimum absolute atomic E-state index is 0.0935. The molecule has 1 N–H and O–H groups in total. The molecule has 0 amide bonds. The molecule has 0 saturated carbocycles. The molecule has 3 aromatic rings. The van der Waals surface area contributed by atoms with E-state index in [9.17, 15) is 9.90 Å². The van der Waals surface area contributed by atoms with Gasteiger partial charge in [-0.3, -0.25) is 0 Å². The Kier molecular flexibility index (Phi) is 9.01. The van der Waals surface area contributed by atoms with Crippen LogP contribution >= 0.6 is 0 Å². The second-order valence-corrected chi connectivity index (χ2v) is 10.7. The van der Waals surface area contributed by atoms with Gasteiger partial charge in [0.15, 0.2) is 23.0 Å². The van der Waals surface area contributed by atoms with Crippen molar-refractivity contribution in [2.45, 2.75) is 58.3 Å². The van der Waals surface area contributed by atoms with Gasteiger partial charge in [-0.1, -0.05) is 25.8 Å². The molecule has 1 unspecified atom stereocenters. The highest BCUT2D eigenvalue weighted by atomic mass is 16.7. The maximum absolute atomic E-state index is 13.5. The van der Waals surface area contributed by atoms with Gasteiger partial charge in [0.05, 0.1) is 32.5 Å². The number of ether oxygens (including phenoxy) is 7. The zero-order valence-electron chi connectivity index (χ0n) is 25.2. The normalized spacial score (nSPS) is 17.3. The van der Waals surface area contributed by atoms with Gasteiger partial charge in [-0.2, -0.15) is 0 Å². The first-order valence-corrected chi connectivity index (χ1v) is 14.5. The predicted molar refractivity (Wildman–Crippen MR) is 160 cm³/mol. The molecule has 0 fully saturated rings. The van der Waals surface area contributed by atoms with Crippen LogP contribution in [0, 0.1) is 0 Å². The van der Waals surface area contributed by atoms with E-state index in [1.54, 1.807) is 56.7 Å². The van der Waals surface area contributed by atoms with Gasteiger partial charge < -0.3 is 38.3 Å². The Morgan fingerprint density at radius 1 is 0.930 bits per heavy atom. The molecule has 43 heavy (non-hydrogen) atoms. The van der Waals surface area contributed by atoms with Crippen LogP contribution in [-0.4, -0.2) is 44.8 Å². The number of carbonyl (C=O) groups excluding carboxylic acids is 1. The van der Waals surface area contributed by atoms with Crippen LogP contribution < -0.4 is 28.4 Å². The Labute approximate surface area is 251 Å². The molecule has 2 aliphatic heterocycles. The van der Waals surface area contributed by atoms with E-state index in [1.165, 1.54) is 0 Å². The molecule has 0 saturated heterocycles. The van der Waals surface area contributed by atoms with E-state index in [-0.39, 0.29) is 24.9 Å². The number of cyclic esters (lactones) is 1. The molecule has 9 heteroatoms. The summed E-state index contributed by atoms with van der Waals surface area (Å²) < 4.78 is 40.2. The Hall–Kier alpha value is -4.37. The van der Waals surface area contributed by atoms with Crippen LogP contribution in [0.5, 0.6) is 34.5 Å². The predicted octanol–water partition coefficient (Wildman–Crippen LogP) is 6.19. The third kappa shape index (κ3) is 6.22. The molecule has 0 aliphatic carbocycles. The summed E-state index contributed by atoms with van der Waals surface area (Å²) in [5, 5.41) is 12.1. The lowest BCUT2D eigenvalue weighted by atomic mass is 9.88. The Bertz CT molecular complexity index is 1490. The first-order chi connectivity index (χ1) is 20.8. The van der Waals surface area contributed by atoms with E-state index < -0.39 is 11.8 Å². The number of carbonyl (C=O) groups is 1. The van der Waals surface area contributed by atoms with Crippen molar-refractivity contribution < 1.29 is 43.1 Å². The van der Waals surface area contributed by atoms with E-state index in [0.717, 1.165) is 24.8 Å². The summed E-state index contributed by atoms with van der Waals surface area (Å²) in [6.07, 6.45) is 3.04. The van der Waals surface area contributed by atoms with E-state index in [0.29, 0.717) is 57.8 Å². The van der Waals surface area contributed by atoms with Crippen molar-refractivity contribution >= 4 is 11.5 Å². The molecular weight excluding hydrogens is 552 g/mol.